The predicted octanol–water partition coefficient (Wildman–Crippen LogP) is 6.42. The number of benzene rings is 3. The van der Waals surface area contributed by atoms with E-state index in [9.17, 15) is 9.59 Å². The molecule has 1 atom stereocenters. The number of methoxy groups -OCH3 is 2. The third-order valence-electron chi connectivity index (χ3n) is 8.39. The summed E-state index contributed by atoms with van der Waals surface area (Å²) in [6.45, 7) is 7.04. The van der Waals surface area contributed by atoms with Gasteiger partial charge in [-0.3, -0.25) is 9.69 Å². The van der Waals surface area contributed by atoms with Crippen molar-refractivity contribution < 1.29 is 23.8 Å². The Labute approximate surface area is 299 Å². The molecule has 6 rings (SSSR count). The van der Waals surface area contributed by atoms with E-state index in [-0.39, 0.29) is 45.5 Å². The van der Waals surface area contributed by atoms with Crippen molar-refractivity contribution in [3.05, 3.63) is 89.2 Å². The van der Waals surface area contributed by atoms with Gasteiger partial charge in [0.25, 0.3) is 0 Å². The molecule has 0 radical (unpaired) electrons. The molecule has 1 fully saturated rings. The molecule has 1 saturated heterocycles. The summed E-state index contributed by atoms with van der Waals surface area (Å²) in [4.78, 5) is 40.8. The average molecular weight is 720 g/mol. The minimum Gasteiger partial charge on any atom is -0.495 e. The van der Waals surface area contributed by atoms with E-state index in [1.807, 2.05) is 18.2 Å². The summed E-state index contributed by atoms with van der Waals surface area (Å²) in [5.41, 5.74) is 3.23. The number of nitrogens with one attached hydrogen (secondary N) is 3. The van der Waals surface area contributed by atoms with Crippen molar-refractivity contribution in [2.75, 3.05) is 73.3 Å². The minimum absolute atomic E-state index is 0.0766. The van der Waals surface area contributed by atoms with Crippen LogP contribution in [0.3, 0.4) is 0 Å². The van der Waals surface area contributed by atoms with Gasteiger partial charge >= 0.3 is 6.03 Å². The zero-order valence-electron chi connectivity index (χ0n) is 27.7. The van der Waals surface area contributed by atoms with Gasteiger partial charge in [0.05, 0.1) is 38.2 Å². The van der Waals surface area contributed by atoms with E-state index >= 15 is 0 Å². The van der Waals surface area contributed by atoms with Crippen LogP contribution in [-0.4, -0.2) is 80.4 Å². The van der Waals surface area contributed by atoms with E-state index in [1.54, 1.807) is 30.3 Å². The third-order valence-corrected chi connectivity index (χ3v) is 9.14. The molecule has 260 valence electrons. The largest absolute Gasteiger partial charge is 0.495 e. The van der Waals surface area contributed by atoms with Crippen LogP contribution >= 0.6 is 23.2 Å². The predicted molar refractivity (Wildman–Crippen MR) is 196 cm³/mol. The molecule has 15 heteroatoms. The lowest BCUT2D eigenvalue weighted by Gasteiger charge is -2.44. The van der Waals surface area contributed by atoms with Gasteiger partial charge in [-0.25, -0.2) is 14.8 Å². The highest BCUT2D eigenvalue weighted by Gasteiger charge is 2.32. The van der Waals surface area contributed by atoms with Gasteiger partial charge in [-0.1, -0.05) is 41.9 Å². The summed E-state index contributed by atoms with van der Waals surface area (Å²) in [7, 11) is 5.02. The number of hydrogen-bond donors (Lipinski definition) is 3. The van der Waals surface area contributed by atoms with E-state index in [4.69, 9.17) is 37.4 Å². The molecule has 3 aromatic carbocycles. The average Bonchev–Trinajstić information content (AvgIpc) is 3.12. The quantitative estimate of drug-likeness (QED) is 0.158. The summed E-state index contributed by atoms with van der Waals surface area (Å²) >= 11 is 13.2. The Hall–Kier alpha value is -5.24. The summed E-state index contributed by atoms with van der Waals surface area (Å²) in [5, 5.41) is 9.03. The van der Waals surface area contributed by atoms with E-state index in [0.29, 0.717) is 24.2 Å². The molecule has 0 aliphatic carbocycles. The first-order valence-electron chi connectivity index (χ1n) is 15.7. The van der Waals surface area contributed by atoms with Gasteiger partial charge in [0, 0.05) is 49.2 Å². The van der Waals surface area contributed by atoms with Crippen molar-refractivity contribution in [2.45, 2.75) is 12.6 Å². The van der Waals surface area contributed by atoms with Gasteiger partial charge in [0.2, 0.25) is 5.91 Å². The first kappa shape index (κ1) is 34.6. The Morgan fingerprint density at radius 2 is 1.72 bits per heavy atom. The van der Waals surface area contributed by atoms with Crippen molar-refractivity contribution in [3.63, 3.8) is 0 Å². The minimum atomic E-state index is -0.596. The van der Waals surface area contributed by atoms with Crippen LogP contribution < -0.4 is 40.0 Å². The maximum absolute atomic E-state index is 14.1. The zero-order valence-corrected chi connectivity index (χ0v) is 29.2. The van der Waals surface area contributed by atoms with Crippen molar-refractivity contribution in [3.8, 4) is 17.2 Å². The Bertz CT molecular complexity index is 1880. The molecular formula is C35H36Cl2N8O5. The number of ether oxygens (including phenoxy) is 3. The lowest BCUT2D eigenvalue weighted by Crippen LogP contribution is -2.56. The number of piperazine rings is 1. The van der Waals surface area contributed by atoms with Crippen molar-refractivity contribution in [1.29, 1.82) is 0 Å². The summed E-state index contributed by atoms with van der Waals surface area (Å²) in [6, 6.07) is 15.9. The molecular weight excluding hydrogens is 683 g/mol. The Morgan fingerprint density at radius 1 is 1.00 bits per heavy atom. The molecule has 3 N–H and O–H groups in total. The molecule has 13 nitrogen and oxygen atoms in total. The smallest absolute Gasteiger partial charge is 0.327 e. The number of amides is 3. The maximum atomic E-state index is 14.1. The molecule has 0 unspecified atom stereocenters. The Balaban J connectivity index is 1.28. The summed E-state index contributed by atoms with van der Waals surface area (Å²) in [6.07, 6.45) is 2.55. The third kappa shape index (κ3) is 7.49. The number of rotatable bonds is 10. The van der Waals surface area contributed by atoms with Crippen LogP contribution in [0.25, 0.3) is 0 Å². The van der Waals surface area contributed by atoms with E-state index in [0.717, 1.165) is 42.3 Å². The normalized spacial score (nSPS) is 15.1. The zero-order chi connectivity index (χ0) is 35.4. The fourth-order valence-electron chi connectivity index (χ4n) is 5.81. The van der Waals surface area contributed by atoms with Crippen LogP contribution in [0.15, 0.2) is 73.6 Å². The highest BCUT2D eigenvalue weighted by molar-refractivity contribution is 6.41. The molecule has 50 heavy (non-hydrogen) atoms. The van der Waals surface area contributed by atoms with Gasteiger partial charge in [-0.05, 0) is 43.0 Å². The molecule has 0 saturated carbocycles. The monoisotopic (exact) mass is 718 g/mol. The first-order chi connectivity index (χ1) is 24.2. The number of aromatic nitrogens is 2. The second-order valence-corrected chi connectivity index (χ2v) is 12.4. The number of halogens is 2. The number of nitrogens with zero attached hydrogens (tertiary/aromatic N) is 5. The second kappa shape index (κ2) is 15.1. The molecule has 0 spiro atoms. The van der Waals surface area contributed by atoms with Gasteiger partial charge in [0.1, 0.15) is 51.9 Å². The fraction of sp³-hybridized carbons (Fsp3) is 0.257. The van der Waals surface area contributed by atoms with E-state index in [2.05, 4.69) is 49.3 Å². The van der Waals surface area contributed by atoms with E-state index < -0.39 is 6.03 Å². The highest BCUT2D eigenvalue weighted by atomic mass is 35.5. The fourth-order valence-corrected chi connectivity index (χ4v) is 6.40. The van der Waals surface area contributed by atoms with Crippen LogP contribution in [0.5, 0.6) is 17.2 Å². The van der Waals surface area contributed by atoms with Gasteiger partial charge in [-0.15, -0.1) is 0 Å². The number of carbonyl (C=O) groups excluding carboxylic acids is 2. The number of likely N-dealkylation sites (N-methyl/N-ethyl adjacent to an activating group) is 1. The molecule has 2 aliphatic rings. The molecule has 1 aromatic heterocycles. The van der Waals surface area contributed by atoms with Crippen molar-refractivity contribution in [2.24, 2.45) is 0 Å². The number of anilines is 6. The van der Waals surface area contributed by atoms with Crippen molar-refractivity contribution >= 4 is 69.5 Å². The number of urea groups is 1. The Kier molecular flexibility index (Phi) is 10.5. The van der Waals surface area contributed by atoms with Gasteiger partial charge in [0.15, 0.2) is 0 Å². The first-order valence-corrected chi connectivity index (χ1v) is 16.4. The van der Waals surface area contributed by atoms with Crippen molar-refractivity contribution in [1.82, 2.24) is 14.9 Å². The van der Waals surface area contributed by atoms with Crippen LogP contribution in [0, 0.1) is 0 Å². The van der Waals surface area contributed by atoms with Gasteiger partial charge < -0.3 is 40.0 Å². The van der Waals surface area contributed by atoms with Crippen LogP contribution in [-0.2, 0) is 11.3 Å². The number of carbonyl (C=O) groups is 2. The summed E-state index contributed by atoms with van der Waals surface area (Å²) < 4.78 is 16.9. The standard InChI is InChI=1S/C35H36Cl2N8O5/c1-5-31(46)41-22-8-6-21(7-9-22)17-45(35(47)42-34-32(36)27(48-3)15-28(49-4)33(34)37)30-16-29(38-20-39-30)40-23-10-11-25-26(14-23)50-19-24-18-43(2)12-13-44(24)25/h5-11,14-16,20,24H,1,12-13,17-19H2,2-4H3,(H,41,46)(H,42,47)(H,38,39,40)/t24-/m0/s1. The SMILES string of the molecule is C=CC(=O)Nc1ccc(CN(C(=O)Nc2c(Cl)c(OC)cc(OC)c2Cl)c2cc(Nc3ccc4c(c3)OC[C@@H]3CN(C)CCN43)ncn2)cc1. The van der Waals surface area contributed by atoms with E-state index in [1.165, 1.54) is 37.6 Å². The maximum Gasteiger partial charge on any atom is 0.327 e. The molecule has 3 amide bonds. The number of fused-ring (bicyclic) bond motifs is 3. The number of hydrogen-bond acceptors (Lipinski definition) is 10. The topological polar surface area (TPSA) is 133 Å². The molecule has 4 aromatic rings. The lowest BCUT2D eigenvalue weighted by molar-refractivity contribution is -0.111. The highest BCUT2D eigenvalue weighted by Crippen LogP contribution is 2.44. The molecule has 3 heterocycles. The van der Waals surface area contributed by atoms with Crippen LogP contribution in [0.4, 0.5) is 39.2 Å². The van der Waals surface area contributed by atoms with Gasteiger partial charge in [-0.2, -0.15) is 0 Å². The van der Waals surface area contributed by atoms with Crippen LogP contribution in [0.1, 0.15) is 5.56 Å². The lowest BCUT2D eigenvalue weighted by atomic mass is 10.1. The molecule has 2 aliphatic heterocycles. The Morgan fingerprint density at radius 3 is 2.42 bits per heavy atom. The second-order valence-electron chi connectivity index (χ2n) is 11.7. The molecule has 0 bridgehead atoms. The summed E-state index contributed by atoms with van der Waals surface area (Å²) in [5.74, 6) is 1.70. The van der Waals surface area contributed by atoms with Crippen LogP contribution in [0.2, 0.25) is 10.0 Å².